The molecule has 0 spiro atoms. The second-order valence-corrected chi connectivity index (χ2v) is 11.4. The van der Waals surface area contributed by atoms with E-state index in [1.165, 1.54) is 25.3 Å². The lowest BCUT2D eigenvalue weighted by Crippen LogP contribution is -2.43. The molecule has 5 aromatic rings. The highest BCUT2D eigenvalue weighted by Crippen LogP contribution is 2.29. The van der Waals surface area contributed by atoms with Crippen LogP contribution in [0.2, 0.25) is 0 Å². The molecule has 0 bridgehead atoms. The third-order valence-corrected chi connectivity index (χ3v) is 8.42. The number of nitrogens with zero attached hydrogens (tertiary/aromatic N) is 4. The van der Waals surface area contributed by atoms with Crippen LogP contribution in [0.5, 0.6) is 5.75 Å². The molecular formula is C35H33FN6O5. The third kappa shape index (κ3) is 6.62. The van der Waals surface area contributed by atoms with Gasteiger partial charge in [-0.15, -0.1) is 0 Å². The molecule has 1 fully saturated rings. The molecule has 1 aliphatic rings. The smallest absolute Gasteiger partial charge is 0.335 e. The van der Waals surface area contributed by atoms with Crippen molar-refractivity contribution in [2.75, 3.05) is 25.5 Å². The number of carbonyl (C=O) groups is 3. The number of nitrogens with one attached hydrogen (secondary N) is 2. The number of amides is 2. The number of imidazole rings is 1. The Balaban J connectivity index is 1.07. The van der Waals surface area contributed by atoms with Gasteiger partial charge >= 0.3 is 5.97 Å². The first-order valence-electron chi connectivity index (χ1n) is 15.1. The molecule has 11 nitrogen and oxygen atoms in total. The van der Waals surface area contributed by atoms with Gasteiger partial charge < -0.3 is 25.4 Å². The largest absolute Gasteiger partial charge is 0.494 e. The summed E-state index contributed by atoms with van der Waals surface area (Å²) in [6.07, 6.45) is 6.16. The van der Waals surface area contributed by atoms with Crippen molar-refractivity contribution in [2.24, 2.45) is 5.92 Å². The summed E-state index contributed by atoms with van der Waals surface area (Å²) in [4.78, 5) is 48.0. The Morgan fingerprint density at radius 1 is 1.02 bits per heavy atom. The molecule has 0 atom stereocenters. The van der Waals surface area contributed by atoms with Crippen LogP contribution in [0.3, 0.4) is 0 Å². The van der Waals surface area contributed by atoms with E-state index >= 15 is 0 Å². The molecule has 0 unspecified atom stereocenters. The van der Waals surface area contributed by atoms with Crippen LogP contribution in [0, 0.1) is 18.7 Å². The maximum atomic E-state index is 14.4. The number of fused-ring (bicyclic) bond motifs is 1. The van der Waals surface area contributed by atoms with Crippen molar-refractivity contribution in [3.63, 3.8) is 0 Å². The van der Waals surface area contributed by atoms with Crippen molar-refractivity contribution in [3.05, 3.63) is 107 Å². The fourth-order valence-corrected chi connectivity index (χ4v) is 5.78. The quantitative estimate of drug-likeness (QED) is 0.194. The fourth-order valence-electron chi connectivity index (χ4n) is 5.78. The number of aromatic nitrogens is 3. The van der Waals surface area contributed by atoms with E-state index in [-0.39, 0.29) is 29.0 Å². The number of anilines is 2. The first-order valence-corrected chi connectivity index (χ1v) is 15.1. The van der Waals surface area contributed by atoms with Gasteiger partial charge in [0.25, 0.3) is 5.91 Å². The van der Waals surface area contributed by atoms with Crippen molar-refractivity contribution >= 4 is 34.9 Å². The zero-order valence-electron chi connectivity index (χ0n) is 25.9. The monoisotopic (exact) mass is 636 g/mol. The van der Waals surface area contributed by atoms with Crippen LogP contribution in [0.25, 0.3) is 16.9 Å². The molecule has 6 rings (SSSR count). The Morgan fingerprint density at radius 2 is 1.79 bits per heavy atom. The summed E-state index contributed by atoms with van der Waals surface area (Å²) >= 11 is 0. The van der Waals surface area contributed by atoms with Gasteiger partial charge in [-0.1, -0.05) is 12.1 Å². The number of piperidine rings is 1. The predicted octanol–water partition coefficient (Wildman–Crippen LogP) is 5.46. The van der Waals surface area contributed by atoms with E-state index in [1.807, 2.05) is 23.5 Å². The minimum absolute atomic E-state index is 0.0737. The molecule has 12 heteroatoms. The van der Waals surface area contributed by atoms with Crippen LogP contribution in [0.4, 0.5) is 15.9 Å². The van der Waals surface area contributed by atoms with Gasteiger partial charge in [0.05, 0.1) is 24.6 Å². The minimum Gasteiger partial charge on any atom is -0.494 e. The maximum absolute atomic E-state index is 14.4. The molecule has 3 heterocycles. The number of hydrogen-bond acceptors (Lipinski definition) is 7. The normalized spacial score (nSPS) is 13.4. The molecule has 2 aromatic heterocycles. The zero-order chi connectivity index (χ0) is 33.1. The summed E-state index contributed by atoms with van der Waals surface area (Å²) in [5, 5.41) is 15.3. The van der Waals surface area contributed by atoms with E-state index < -0.39 is 11.8 Å². The Morgan fingerprint density at radius 3 is 2.47 bits per heavy atom. The molecule has 0 saturated carbocycles. The maximum Gasteiger partial charge on any atom is 0.335 e. The lowest BCUT2D eigenvalue weighted by atomic mass is 9.95. The number of rotatable bonds is 9. The van der Waals surface area contributed by atoms with E-state index in [2.05, 4.69) is 20.6 Å². The summed E-state index contributed by atoms with van der Waals surface area (Å²) in [6.45, 7) is 3.12. The van der Waals surface area contributed by atoms with Gasteiger partial charge in [0.15, 0.2) is 23.0 Å². The zero-order valence-corrected chi connectivity index (χ0v) is 25.9. The van der Waals surface area contributed by atoms with E-state index in [1.54, 1.807) is 53.8 Å². The summed E-state index contributed by atoms with van der Waals surface area (Å²) in [7, 11) is 1.42. The number of methoxy groups -OCH3 is 1. The number of ether oxygens (including phenoxy) is 1. The molecule has 1 aliphatic heterocycles. The van der Waals surface area contributed by atoms with Gasteiger partial charge in [0.2, 0.25) is 5.91 Å². The number of halogens is 1. The summed E-state index contributed by atoms with van der Waals surface area (Å²) in [5.74, 6) is -1.16. The standard InChI is InChI=1S/C35H33FN6O5/c1-21-17-26(40-31-32-38-20-29(42(32)16-13-37-31)25-7-10-30(47-2)28(36)18-25)8-9-27(21)34(44)41-14-11-23(12-15-41)33(43)39-19-22-3-5-24(6-4-22)35(45)46/h3-10,13,16-18,20,23H,11-12,14-15,19H2,1-2H3,(H,37,40)(H,39,43)(H,45,46). The van der Waals surface area contributed by atoms with Gasteiger partial charge in [-0.2, -0.15) is 0 Å². The third-order valence-electron chi connectivity index (χ3n) is 8.42. The lowest BCUT2D eigenvalue weighted by Gasteiger charge is -2.31. The molecule has 47 heavy (non-hydrogen) atoms. The Bertz CT molecular complexity index is 1970. The van der Waals surface area contributed by atoms with Crippen LogP contribution < -0.4 is 15.4 Å². The molecule has 3 N–H and O–H groups in total. The average molecular weight is 637 g/mol. The minimum atomic E-state index is -0.994. The second kappa shape index (κ2) is 13.3. The Labute approximate surface area is 270 Å². The van der Waals surface area contributed by atoms with Crippen LogP contribution in [-0.2, 0) is 11.3 Å². The van der Waals surface area contributed by atoms with Gasteiger partial charge in [-0.05, 0) is 79.4 Å². The van der Waals surface area contributed by atoms with E-state index in [4.69, 9.17) is 9.84 Å². The van der Waals surface area contributed by atoms with Crippen molar-refractivity contribution in [2.45, 2.75) is 26.3 Å². The van der Waals surface area contributed by atoms with Crippen LogP contribution in [0.15, 0.2) is 79.3 Å². The molecule has 0 aliphatic carbocycles. The molecule has 240 valence electrons. The fraction of sp³-hybridized carbons (Fsp3) is 0.229. The van der Waals surface area contributed by atoms with Crippen LogP contribution in [0.1, 0.15) is 44.7 Å². The van der Waals surface area contributed by atoms with Crippen molar-refractivity contribution in [1.82, 2.24) is 24.6 Å². The van der Waals surface area contributed by atoms with Gasteiger partial charge in [-0.25, -0.2) is 19.2 Å². The van der Waals surface area contributed by atoms with Crippen molar-refractivity contribution < 1.29 is 28.6 Å². The lowest BCUT2D eigenvalue weighted by molar-refractivity contribution is -0.126. The van der Waals surface area contributed by atoms with Gasteiger partial charge in [-0.3, -0.25) is 14.0 Å². The number of likely N-dealkylation sites (tertiary alicyclic amines) is 1. The van der Waals surface area contributed by atoms with Crippen LogP contribution in [-0.4, -0.2) is 62.4 Å². The van der Waals surface area contributed by atoms with Gasteiger partial charge in [0.1, 0.15) is 0 Å². The number of hydrogen-bond donors (Lipinski definition) is 3. The summed E-state index contributed by atoms with van der Waals surface area (Å²) < 4.78 is 21.2. The molecule has 0 radical (unpaired) electrons. The summed E-state index contributed by atoms with van der Waals surface area (Å²) in [6, 6.07) is 16.6. The van der Waals surface area contributed by atoms with E-state index in [9.17, 15) is 18.8 Å². The topological polar surface area (TPSA) is 138 Å². The number of aryl methyl sites for hydroxylation is 1. The first kappa shape index (κ1) is 31.2. The van der Waals surface area contributed by atoms with Crippen LogP contribution >= 0.6 is 0 Å². The molecular weight excluding hydrogens is 603 g/mol. The average Bonchev–Trinajstić information content (AvgIpc) is 3.52. The highest BCUT2D eigenvalue weighted by Gasteiger charge is 2.28. The predicted molar refractivity (Wildman–Crippen MR) is 173 cm³/mol. The SMILES string of the molecule is COc1ccc(-c2cnc3c(Nc4ccc(C(=O)N5CCC(C(=O)NCc6ccc(C(=O)O)cc6)CC5)c(C)c4)nccn23)cc1F. The Hall–Kier alpha value is -5.78. The van der Waals surface area contributed by atoms with E-state index in [0.29, 0.717) is 60.8 Å². The highest BCUT2D eigenvalue weighted by atomic mass is 19.1. The number of aromatic carboxylic acids is 1. The molecule has 3 aromatic carbocycles. The molecule has 1 saturated heterocycles. The number of carboxylic acid groups (broad SMARTS) is 1. The number of benzene rings is 3. The number of carboxylic acids is 1. The highest BCUT2D eigenvalue weighted by molar-refractivity contribution is 5.96. The van der Waals surface area contributed by atoms with Crippen molar-refractivity contribution in [1.29, 1.82) is 0 Å². The van der Waals surface area contributed by atoms with Gasteiger partial charge in [0, 0.05) is 54.8 Å². The second-order valence-electron chi connectivity index (χ2n) is 11.4. The Kier molecular flexibility index (Phi) is 8.83. The first-order chi connectivity index (χ1) is 22.7. The number of carbonyl (C=O) groups excluding carboxylic acids is 2. The van der Waals surface area contributed by atoms with E-state index in [0.717, 1.165) is 16.8 Å². The summed E-state index contributed by atoms with van der Waals surface area (Å²) in [5.41, 5.74) is 5.00. The van der Waals surface area contributed by atoms with Crippen molar-refractivity contribution in [3.8, 4) is 17.0 Å². The molecule has 2 amide bonds.